The predicted octanol–water partition coefficient (Wildman–Crippen LogP) is 2.93. The van der Waals surface area contributed by atoms with E-state index in [9.17, 15) is 8.78 Å². The van der Waals surface area contributed by atoms with Crippen molar-refractivity contribution >= 4 is 0 Å². The number of H-pyrrole nitrogens is 1. The molecule has 0 bridgehead atoms. The fraction of sp³-hybridized carbons (Fsp3) is 0.308. The van der Waals surface area contributed by atoms with E-state index in [0.717, 1.165) is 18.3 Å². The van der Waals surface area contributed by atoms with Crippen LogP contribution in [0.25, 0.3) is 0 Å². The maximum atomic E-state index is 13.0. The minimum Gasteiger partial charge on any atom is -0.347 e. The van der Waals surface area contributed by atoms with Crippen LogP contribution in [0.2, 0.25) is 0 Å². The fourth-order valence-electron chi connectivity index (χ4n) is 1.79. The molecule has 2 aromatic rings. The molecule has 0 saturated heterocycles. The van der Waals surface area contributed by atoms with Crippen LogP contribution in [0.4, 0.5) is 8.78 Å². The number of hydrogen-bond donors (Lipinski definition) is 2. The van der Waals surface area contributed by atoms with E-state index >= 15 is 0 Å². The van der Waals surface area contributed by atoms with Crippen molar-refractivity contribution in [2.75, 3.05) is 0 Å². The molecule has 1 heterocycles. The lowest BCUT2D eigenvalue weighted by Gasteiger charge is -2.14. The molecule has 0 amide bonds. The Morgan fingerprint density at radius 3 is 2.78 bits per heavy atom. The number of rotatable bonds is 5. The zero-order valence-electron chi connectivity index (χ0n) is 10.1. The number of hydrogen-bond acceptors (Lipinski definition) is 2. The van der Waals surface area contributed by atoms with Gasteiger partial charge in [-0.25, -0.2) is 13.8 Å². The average molecular weight is 251 g/mol. The van der Waals surface area contributed by atoms with Crippen molar-refractivity contribution in [2.24, 2.45) is 0 Å². The maximum absolute atomic E-state index is 13.0. The number of imidazole rings is 1. The summed E-state index contributed by atoms with van der Waals surface area (Å²) < 4.78 is 25.8. The molecule has 1 unspecified atom stereocenters. The molecule has 1 atom stereocenters. The summed E-state index contributed by atoms with van der Waals surface area (Å²) in [6.45, 7) is 2.50. The molecule has 0 fully saturated rings. The molecule has 0 aliphatic heterocycles. The Labute approximate surface area is 104 Å². The third-order valence-corrected chi connectivity index (χ3v) is 2.79. The summed E-state index contributed by atoms with van der Waals surface area (Å²) in [5.41, 5.74) is 0.707. The molecular weight excluding hydrogens is 236 g/mol. The van der Waals surface area contributed by atoms with Crippen LogP contribution in [0, 0.1) is 11.6 Å². The highest BCUT2D eigenvalue weighted by atomic mass is 19.2. The van der Waals surface area contributed by atoms with Gasteiger partial charge < -0.3 is 10.3 Å². The van der Waals surface area contributed by atoms with Crippen LogP contribution in [0.3, 0.4) is 0 Å². The van der Waals surface area contributed by atoms with Crippen molar-refractivity contribution in [3.8, 4) is 0 Å². The third-order valence-electron chi connectivity index (χ3n) is 2.79. The Balaban J connectivity index is 1.99. The molecule has 1 aromatic carbocycles. The second-order valence-electron chi connectivity index (χ2n) is 4.06. The van der Waals surface area contributed by atoms with Crippen LogP contribution in [-0.2, 0) is 6.54 Å². The standard InChI is InChI=1S/C13H15F2N3/c1-2-12(13-16-5-6-17-13)18-8-9-3-4-10(14)11(15)7-9/h3-7,12,18H,2,8H2,1H3,(H,16,17). The van der Waals surface area contributed by atoms with Crippen molar-refractivity contribution < 1.29 is 8.78 Å². The summed E-state index contributed by atoms with van der Waals surface area (Å²) in [6.07, 6.45) is 4.31. The van der Waals surface area contributed by atoms with Gasteiger partial charge in [0.15, 0.2) is 11.6 Å². The second kappa shape index (κ2) is 5.73. The van der Waals surface area contributed by atoms with Gasteiger partial charge in [0, 0.05) is 18.9 Å². The van der Waals surface area contributed by atoms with Crippen molar-refractivity contribution in [3.05, 3.63) is 53.6 Å². The molecule has 2 rings (SSSR count). The minimum absolute atomic E-state index is 0.0770. The normalized spacial score (nSPS) is 12.6. The van der Waals surface area contributed by atoms with E-state index in [-0.39, 0.29) is 6.04 Å². The first-order valence-electron chi connectivity index (χ1n) is 5.87. The van der Waals surface area contributed by atoms with Crippen LogP contribution in [-0.4, -0.2) is 9.97 Å². The number of aromatic amines is 1. The van der Waals surface area contributed by atoms with E-state index in [1.54, 1.807) is 18.5 Å². The summed E-state index contributed by atoms with van der Waals surface area (Å²) in [5.74, 6) is -0.794. The molecule has 18 heavy (non-hydrogen) atoms. The third kappa shape index (κ3) is 2.92. The van der Waals surface area contributed by atoms with Crippen LogP contribution in [0.1, 0.15) is 30.8 Å². The molecule has 2 N–H and O–H groups in total. The topological polar surface area (TPSA) is 40.7 Å². The summed E-state index contributed by atoms with van der Waals surface area (Å²) in [7, 11) is 0. The lowest BCUT2D eigenvalue weighted by atomic mass is 10.1. The van der Waals surface area contributed by atoms with Crippen molar-refractivity contribution in [1.82, 2.24) is 15.3 Å². The van der Waals surface area contributed by atoms with E-state index in [2.05, 4.69) is 15.3 Å². The fourth-order valence-corrected chi connectivity index (χ4v) is 1.79. The maximum Gasteiger partial charge on any atom is 0.159 e. The van der Waals surface area contributed by atoms with Gasteiger partial charge in [0.2, 0.25) is 0 Å². The van der Waals surface area contributed by atoms with Gasteiger partial charge in [-0.15, -0.1) is 0 Å². The van der Waals surface area contributed by atoms with Crippen LogP contribution in [0.15, 0.2) is 30.6 Å². The monoisotopic (exact) mass is 251 g/mol. The molecule has 96 valence electrons. The Kier molecular flexibility index (Phi) is 4.04. The molecule has 0 aliphatic rings. The molecular formula is C13H15F2N3. The van der Waals surface area contributed by atoms with Gasteiger partial charge in [-0.1, -0.05) is 13.0 Å². The number of halogens is 2. The first kappa shape index (κ1) is 12.7. The smallest absolute Gasteiger partial charge is 0.159 e. The first-order valence-corrected chi connectivity index (χ1v) is 5.87. The highest BCUT2D eigenvalue weighted by Crippen LogP contribution is 2.14. The van der Waals surface area contributed by atoms with Crippen LogP contribution in [0.5, 0.6) is 0 Å². The first-order chi connectivity index (χ1) is 8.70. The molecule has 0 aliphatic carbocycles. The van der Waals surface area contributed by atoms with Crippen molar-refractivity contribution in [1.29, 1.82) is 0 Å². The van der Waals surface area contributed by atoms with Crippen molar-refractivity contribution in [3.63, 3.8) is 0 Å². The zero-order valence-corrected chi connectivity index (χ0v) is 10.1. The van der Waals surface area contributed by atoms with Gasteiger partial charge in [-0.05, 0) is 24.1 Å². The molecule has 1 aromatic heterocycles. The number of nitrogens with zero attached hydrogens (tertiary/aromatic N) is 1. The van der Waals surface area contributed by atoms with E-state index in [0.29, 0.717) is 12.1 Å². The lowest BCUT2D eigenvalue weighted by Crippen LogP contribution is -2.21. The Hall–Kier alpha value is -1.75. The number of aromatic nitrogens is 2. The van der Waals surface area contributed by atoms with Crippen LogP contribution < -0.4 is 5.32 Å². The zero-order chi connectivity index (χ0) is 13.0. The molecule has 0 saturated carbocycles. The summed E-state index contributed by atoms with van der Waals surface area (Å²) in [5, 5.41) is 3.25. The van der Waals surface area contributed by atoms with E-state index < -0.39 is 11.6 Å². The predicted molar refractivity (Wildman–Crippen MR) is 64.8 cm³/mol. The number of nitrogens with one attached hydrogen (secondary N) is 2. The molecule has 3 nitrogen and oxygen atoms in total. The van der Waals surface area contributed by atoms with E-state index in [1.807, 2.05) is 6.92 Å². The summed E-state index contributed by atoms with van der Waals surface area (Å²) >= 11 is 0. The number of benzene rings is 1. The highest BCUT2D eigenvalue weighted by molar-refractivity contribution is 5.17. The molecule has 5 heteroatoms. The Morgan fingerprint density at radius 2 is 2.17 bits per heavy atom. The average Bonchev–Trinajstić information content (AvgIpc) is 2.88. The van der Waals surface area contributed by atoms with Gasteiger partial charge in [-0.2, -0.15) is 0 Å². The summed E-state index contributed by atoms with van der Waals surface area (Å²) in [6, 6.07) is 3.99. The van der Waals surface area contributed by atoms with Gasteiger partial charge in [0.05, 0.1) is 6.04 Å². The Bertz CT molecular complexity index is 497. The highest BCUT2D eigenvalue weighted by Gasteiger charge is 2.11. The lowest BCUT2D eigenvalue weighted by molar-refractivity contribution is 0.488. The van der Waals surface area contributed by atoms with E-state index in [1.165, 1.54) is 6.07 Å². The quantitative estimate of drug-likeness (QED) is 0.857. The van der Waals surface area contributed by atoms with Gasteiger partial charge in [0.1, 0.15) is 5.82 Å². The summed E-state index contributed by atoms with van der Waals surface area (Å²) in [4.78, 5) is 7.22. The molecule has 0 spiro atoms. The van der Waals surface area contributed by atoms with E-state index in [4.69, 9.17) is 0 Å². The van der Waals surface area contributed by atoms with Gasteiger partial charge >= 0.3 is 0 Å². The van der Waals surface area contributed by atoms with Gasteiger partial charge in [0.25, 0.3) is 0 Å². The van der Waals surface area contributed by atoms with Crippen LogP contribution >= 0.6 is 0 Å². The largest absolute Gasteiger partial charge is 0.347 e. The Morgan fingerprint density at radius 1 is 1.33 bits per heavy atom. The van der Waals surface area contributed by atoms with Crippen molar-refractivity contribution in [2.45, 2.75) is 25.9 Å². The van der Waals surface area contributed by atoms with Gasteiger partial charge in [-0.3, -0.25) is 0 Å². The second-order valence-corrected chi connectivity index (χ2v) is 4.06. The SMILES string of the molecule is CCC(NCc1ccc(F)c(F)c1)c1ncc[nH]1. The minimum atomic E-state index is -0.822. The molecule has 0 radical (unpaired) electrons.